The molecule has 118 valence electrons. The van der Waals surface area contributed by atoms with E-state index in [1.54, 1.807) is 31.3 Å². The van der Waals surface area contributed by atoms with Gasteiger partial charge in [-0.3, -0.25) is 20.5 Å². The third kappa shape index (κ3) is 5.32. The summed E-state index contributed by atoms with van der Waals surface area (Å²) in [6.45, 7) is 0. The van der Waals surface area contributed by atoms with E-state index >= 15 is 0 Å². The highest BCUT2D eigenvalue weighted by atomic mass is 32.1. The van der Waals surface area contributed by atoms with Crippen LogP contribution in [0.25, 0.3) is 0 Å². The van der Waals surface area contributed by atoms with Crippen molar-refractivity contribution in [2.75, 3.05) is 12.4 Å². The maximum atomic E-state index is 12.0. The Morgan fingerprint density at radius 2 is 1.52 bits per heavy atom. The van der Waals surface area contributed by atoms with Gasteiger partial charge in [0.2, 0.25) is 0 Å². The van der Waals surface area contributed by atoms with Gasteiger partial charge in [-0.05, 0) is 48.7 Å². The minimum Gasteiger partial charge on any atom is -0.331 e. The molecule has 2 aromatic rings. The molecule has 0 saturated carbocycles. The van der Waals surface area contributed by atoms with E-state index in [4.69, 9.17) is 24.4 Å². The third-order valence-electron chi connectivity index (χ3n) is 2.86. The monoisotopic (exact) mass is 344 g/mol. The first kappa shape index (κ1) is 16.9. The number of amides is 1. The molecule has 0 aliphatic heterocycles. The lowest BCUT2D eigenvalue weighted by Gasteiger charge is -2.23. The van der Waals surface area contributed by atoms with Crippen molar-refractivity contribution in [3.8, 4) is 0 Å². The van der Waals surface area contributed by atoms with E-state index in [1.165, 1.54) is 5.01 Å². The molecule has 0 spiro atoms. The molecule has 3 N–H and O–H groups in total. The quantitative estimate of drug-likeness (QED) is 0.575. The zero-order valence-corrected chi connectivity index (χ0v) is 14.1. The number of thiocarbonyl (C=S) groups is 2. The van der Waals surface area contributed by atoms with E-state index < -0.39 is 0 Å². The van der Waals surface area contributed by atoms with Crippen LogP contribution in [0.3, 0.4) is 0 Å². The molecule has 7 heteroatoms. The van der Waals surface area contributed by atoms with Gasteiger partial charge in [0.05, 0.1) is 0 Å². The second-order valence-corrected chi connectivity index (χ2v) is 5.41. The van der Waals surface area contributed by atoms with Gasteiger partial charge in [0.1, 0.15) is 0 Å². The highest BCUT2D eigenvalue weighted by Gasteiger charge is 2.10. The highest BCUT2D eigenvalue weighted by Crippen LogP contribution is 2.05. The van der Waals surface area contributed by atoms with Crippen molar-refractivity contribution in [1.29, 1.82) is 0 Å². The van der Waals surface area contributed by atoms with Crippen molar-refractivity contribution >= 4 is 46.3 Å². The lowest BCUT2D eigenvalue weighted by Crippen LogP contribution is -2.50. The number of nitrogens with zero attached hydrogens (tertiary/aromatic N) is 1. The molecule has 5 nitrogen and oxygen atoms in total. The van der Waals surface area contributed by atoms with Crippen molar-refractivity contribution < 1.29 is 4.79 Å². The van der Waals surface area contributed by atoms with Gasteiger partial charge < -0.3 is 5.32 Å². The molecule has 23 heavy (non-hydrogen) atoms. The normalized spacial score (nSPS) is 9.61. The van der Waals surface area contributed by atoms with Crippen molar-refractivity contribution in [2.24, 2.45) is 0 Å². The molecule has 2 rings (SSSR count). The van der Waals surface area contributed by atoms with Crippen LogP contribution < -0.4 is 16.1 Å². The predicted octanol–water partition coefficient (Wildman–Crippen LogP) is 2.53. The molecule has 0 aliphatic rings. The molecule has 0 radical (unpaired) electrons. The Kier molecular flexibility index (Phi) is 6.02. The maximum absolute atomic E-state index is 12.0. The summed E-state index contributed by atoms with van der Waals surface area (Å²) in [7, 11) is 1.71. The Morgan fingerprint density at radius 3 is 2.13 bits per heavy atom. The lowest BCUT2D eigenvalue weighted by molar-refractivity contribution is 0.0975. The fraction of sp³-hybridized carbons (Fsp3) is 0.0625. The van der Waals surface area contributed by atoms with E-state index in [0.717, 1.165) is 5.69 Å². The summed E-state index contributed by atoms with van der Waals surface area (Å²) in [5.74, 6) is -0.279. The summed E-state index contributed by atoms with van der Waals surface area (Å²) in [5.41, 5.74) is 4.23. The Bertz CT molecular complexity index is 692. The van der Waals surface area contributed by atoms with E-state index in [9.17, 15) is 4.79 Å². The molecule has 0 fully saturated rings. The highest BCUT2D eigenvalue weighted by molar-refractivity contribution is 7.80. The Hall–Kier alpha value is -2.51. The predicted molar refractivity (Wildman–Crippen MR) is 100 cm³/mol. The number of carbonyl (C=O) groups excluding carboxylic acids is 1. The van der Waals surface area contributed by atoms with E-state index in [1.807, 2.05) is 36.4 Å². The minimum absolute atomic E-state index is 0.165. The van der Waals surface area contributed by atoms with Gasteiger partial charge in [-0.15, -0.1) is 0 Å². The van der Waals surface area contributed by atoms with Crippen LogP contribution in [0.4, 0.5) is 5.69 Å². The lowest BCUT2D eigenvalue weighted by atomic mass is 10.2. The van der Waals surface area contributed by atoms with E-state index in [0.29, 0.717) is 10.7 Å². The average Bonchev–Trinajstić information content (AvgIpc) is 2.56. The summed E-state index contributed by atoms with van der Waals surface area (Å²) >= 11 is 10.4. The van der Waals surface area contributed by atoms with Crippen LogP contribution in [0, 0.1) is 0 Å². The van der Waals surface area contributed by atoms with Gasteiger partial charge in [-0.25, -0.2) is 0 Å². The number of hydrogen-bond acceptors (Lipinski definition) is 3. The number of rotatable bonds is 2. The number of para-hydroxylation sites is 1. The summed E-state index contributed by atoms with van der Waals surface area (Å²) in [6, 6.07) is 18.4. The number of nitrogens with one attached hydrogen (secondary N) is 3. The zero-order chi connectivity index (χ0) is 16.7. The molecule has 2 aromatic carbocycles. The van der Waals surface area contributed by atoms with Crippen molar-refractivity contribution in [2.45, 2.75) is 0 Å². The Labute approximate surface area is 145 Å². The van der Waals surface area contributed by atoms with Gasteiger partial charge in [0, 0.05) is 18.3 Å². The molecule has 0 atom stereocenters. The van der Waals surface area contributed by atoms with Crippen LogP contribution in [0.15, 0.2) is 60.7 Å². The molecule has 0 aromatic heterocycles. The molecule has 0 unspecified atom stereocenters. The second-order valence-electron chi connectivity index (χ2n) is 4.62. The van der Waals surface area contributed by atoms with Gasteiger partial charge in [0.15, 0.2) is 10.2 Å². The number of anilines is 1. The molecule has 0 heterocycles. The first-order valence-corrected chi connectivity index (χ1v) is 7.64. The van der Waals surface area contributed by atoms with Gasteiger partial charge in [-0.1, -0.05) is 36.4 Å². The number of carbonyl (C=O) groups is 1. The SMILES string of the molecule is CN(NC(=S)NC(=O)c1ccccc1)C(=S)Nc1ccccc1. The van der Waals surface area contributed by atoms with Crippen LogP contribution in [0.5, 0.6) is 0 Å². The van der Waals surface area contributed by atoms with Crippen LogP contribution in [0.2, 0.25) is 0 Å². The minimum atomic E-state index is -0.279. The van der Waals surface area contributed by atoms with Crippen LogP contribution in [-0.4, -0.2) is 28.2 Å². The Morgan fingerprint density at radius 1 is 0.957 bits per heavy atom. The number of hydrogen-bond donors (Lipinski definition) is 3. The molecular formula is C16H16N4OS2. The largest absolute Gasteiger partial charge is 0.331 e. The number of benzene rings is 2. The molecular weight excluding hydrogens is 328 g/mol. The van der Waals surface area contributed by atoms with Crippen LogP contribution >= 0.6 is 24.4 Å². The number of hydrazine groups is 1. The summed E-state index contributed by atoms with van der Waals surface area (Å²) in [5, 5.41) is 7.77. The summed E-state index contributed by atoms with van der Waals surface area (Å²) in [6.07, 6.45) is 0. The van der Waals surface area contributed by atoms with Crippen LogP contribution in [0.1, 0.15) is 10.4 Å². The molecule has 0 bridgehead atoms. The fourth-order valence-electron chi connectivity index (χ4n) is 1.72. The zero-order valence-electron chi connectivity index (χ0n) is 12.4. The average molecular weight is 344 g/mol. The summed E-state index contributed by atoms with van der Waals surface area (Å²) in [4.78, 5) is 12.0. The molecule has 1 amide bonds. The van der Waals surface area contributed by atoms with Gasteiger partial charge in [-0.2, -0.15) is 0 Å². The molecule has 0 saturated heterocycles. The standard InChI is InChI=1S/C16H16N4OS2/c1-20(16(23)17-13-10-6-3-7-11-13)19-15(22)18-14(21)12-8-4-2-5-9-12/h2-11H,1H3,(H,17,23)(H2,18,19,21,22). The summed E-state index contributed by atoms with van der Waals surface area (Å²) < 4.78 is 0. The fourth-order valence-corrected chi connectivity index (χ4v) is 2.12. The first-order valence-electron chi connectivity index (χ1n) is 6.83. The topological polar surface area (TPSA) is 56.4 Å². The maximum Gasteiger partial charge on any atom is 0.257 e. The van der Waals surface area contributed by atoms with Crippen molar-refractivity contribution in [3.63, 3.8) is 0 Å². The second kappa shape index (κ2) is 8.21. The van der Waals surface area contributed by atoms with E-state index in [-0.39, 0.29) is 11.0 Å². The van der Waals surface area contributed by atoms with Crippen LogP contribution in [-0.2, 0) is 0 Å². The first-order chi connectivity index (χ1) is 11.1. The Balaban J connectivity index is 1.84. The molecule has 0 aliphatic carbocycles. The van der Waals surface area contributed by atoms with Gasteiger partial charge in [0.25, 0.3) is 5.91 Å². The van der Waals surface area contributed by atoms with Crippen molar-refractivity contribution in [3.05, 3.63) is 66.2 Å². The van der Waals surface area contributed by atoms with E-state index in [2.05, 4.69) is 16.1 Å². The smallest absolute Gasteiger partial charge is 0.257 e. The third-order valence-corrected chi connectivity index (χ3v) is 3.43. The van der Waals surface area contributed by atoms with Crippen molar-refractivity contribution in [1.82, 2.24) is 15.8 Å². The van der Waals surface area contributed by atoms with Gasteiger partial charge >= 0.3 is 0 Å².